The molecule has 0 unspecified atom stereocenters. The Morgan fingerprint density at radius 1 is 1.03 bits per heavy atom. The highest BCUT2D eigenvalue weighted by atomic mass is 16.6. The van der Waals surface area contributed by atoms with Crippen LogP contribution in [-0.2, 0) is 13.1 Å². The van der Waals surface area contributed by atoms with Crippen LogP contribution in [-0.4, -0.2) is 68.3 Å². The van der Waals surface area contributed by atoms with Crippen LogP contribution >= 0.6 is 0 Å². The van der Waals surface area contributed by atoms with Crippen LogP contribution in [0.3, 0.4) is 0 Å². The van der Waals surface area contributed by atoms with Crippen LogP contribution in [0.25, 0.3) is 10.9 Å². The summed E-state index contributed by atoms with van der Waals surface area (Å²) in [7, 11) is 8.13. The second-order valence-corrected chi connectivity index (χ2v) is 9.42. The highest BCUT2D eigenvalue weighted by molar-refractivity contribution is 6.04. The quantitative estimate of drug-likeness (QED) is 0.492. The van der Waals surface area contributed by atoms with Gasteiger partial charge in [-0.1, -0.05) is 6.07 Å². The fourth-order valence-corrected chi connectivity index (χ4v) is 5.13. The standard InChI is InChI=1S/C27H32BN3O4/c1-19-15-27(32)30(24-17-22(33-2)4-5-23(19)24)12-11-29-9-7-21(8-10-29)31(28)18-20-3-6-25-26(16-20)35-14-13-34-25/h3-6,15-17,21H,7-14,18H2,1-2H3. The lowest BCUT2D eigenvalue weighted by Gasteiger charge is -2.37. The van der Waals surface area contributed by atoms with Gasteiger partial charge in [-0.3, -0.25) is 4.79 Å². The number of benzene rings is 2. The Labute approximate surface area is 207 Å². The summed E-state index contributed by atoms with van der Waals surface area (Å²) < 4.78 is 18.6. The van der Waals surface area contributed by atoms with Gasteiger partial charge in [0.25, 0.3) is 5.56 Å². The molecule has 1 fully saturated rings. The summed E-state index contributed by atoms with van der Waals surface area (Å²) in [6.45, 7) is 7.23. The number of aromatic nitrogens is 1. The van der Waals surface area contributed by atoms with Gasteiger partial charge < -0.3 is 28.5 Å². The lowest BCUT2D eigenvalue weighted by atomic mass is 9.99. The second-order valence-electron chi connectivity index (χ2n) is 9.42. The van der Waals surface area contributed by atoms with E-state index in [1.54, 1.807) is 13.2 Å². The maximum Gasteiger partial charge on any atom is 0.251 e. The van der Waals surface area contributed by atoms with Crippen molar-refractivity contribution in [1.82, 2.24) is 14.3 Å². The Kier molecular flexibility index (Phi) is 7.02. The minimum absolute atomic E-state index is 0.0331. The van der Waals surface area contributed by atoms with E-state index in [-0.39, 0.29) is 5.56 Å². The number of likely N-dealkylation sites (tertiary alicyclic amines) is 1. The molecule has 182 valence electrons. The van der Waals surface area contributed by atoms with Crippen LogP contribution < -0.4 is 19.8 Å². The van der Waals surface area contributed by atoms with Gasteiger partial charge in [-0.2, -0.15) is 0 Å². The van der Waals surface area contributed by atoms with Gasteiger partial charge in [0.2, 0.25) is 0 Å². The summed E-state index contributed by atoms with van der Waals surface area (Å²) in [5, 5.41) is 1.09. The molecule has 2 aliphatic heterocycles. The zero-order valence-corrected chi connectivity index (χ0v) is 20.5. The number of rotatable bonds is 7. The molecule has 1 aromatic heterocycles. The van der Waals surface area contributed by atoms with E-state index >= 15 is 0 Å². The number of hydrogen-bond acceptors (Lipinski definition) is 6. The molecule has 7 nitrogen and oxygen atoms in total. The number of hydrogen-bond donors (Lipinski definition) is 0. The summed E-state index contributed by atoms with van der Waals surface area (Å²) in [5.41, 5.74) is 3.08. The van der Waals surface area contributed by atoms with E-state index in [4.69, 9.17) is 22.2 Å². The molecule has 3 aromatic rings. The van der Waals surface area contributed by atoms with Crippen LogP contribution in [0.2, 0.25) is 0 Å². The number of fused-ring (bicyclic) bond motifs is 2. The number of aryl methyl sites for hydroxylation is 1. The third kappa shape index (κ3) is 5.18. The largest absolute Gasteiger partial charge is 0.497 e. The summed E-state index contributed by atoms with van der Waals surface area (Å²) in [4.78, 5) is 17.2. The van der Waals surface area contributed by atoms with Crippen molar-refractivity contribution in [2.24, 2.45) is 0 Å². The molecule has 2 radical (unpaired) electrons. The number of pyridine rings is 1. The lowest BCUT2D eigenvalue weighted by Crippen LogP contribution is -2.44. The molecule has 2 aliphatic rings. The Hall–Kier alpha value is -2.97. The van der Waals surface area contributed by atoms with Crippen molar-refractivity contribution in [2.45, 2.75) is 38.9 Å². The van der Waals surface area contributed by atoms with Gasteiger partial charge in [0.05, 0.1) is 12.6 Å². The maximum atomic E-state index is 12.8. The van der Waals surface area contributed by atoms with Gasteiger partial charge in [-0.15, -0.1) is 0 Å². The summed E-state index contributed by atoms with van der Waals surface area (Å²) in [6.07, 6.45) is 2.00. The number of nitrogens with zero attached hydrogens (tertiary/aromatic N) is 3. The van der Waals surface area contributed by atoms with Crippen molar-refractivity contribution in [2.75, 3.05) is 40.0 Å². The van der Waals surface area contributed by atoms with Crippen LogP contribution in [0.1, 0.15) is 24.0 Å². The van der Waals surface area contributed by atoms with E-state index in [0.717, 1.165) is 71.8 Å². The molecule has 1 saturated heterocycles. The van der Waals surface area contributed by atoms with Gasteiger partial charge in [0.15, 0.2) is 19.5 Å². The molecule has 0 bridgehead atoms. The fourth-order valence-electron chi connectivity index (χ4n) is 5.13. The minimum Gasteiger partial charge on any atom is -0.497 e. The molecule has 0 spiro atoms. The molecule has 0 aliphatic carbocycles. The molecular weight excluding hydrogens is 441 g/mol. The van der Waals surface area contributed by atoms with E-state index < -0.39 is 0 Å². The Morgan fingerprint density at radius 3 is 2.57 bits per heavy atom. The number of methoxy groups -OCH3 is 1. The molecule has 2 aromatic carbocycles. The normalized spacial score (nSPS) is 16.7. The monoisotopic (exact) mass is 473 g/mol. The molecule has 5 rings (SSSR count). The van der Waals surface area contributed by atoms with Gasteiger partial charge in [-0.05, 0) is 68.2 Å². The highest BCUT2D eigenvalue weighted by Crippen LogP contribution is 2.31. The summed E-state index contributed by atoms with van der Waals surface area (Å²) in [6, 6.07) is 14.0. The van der Waals surface area contributed by atoms with E-state index in [1.165, 1.54) is 0 Å². The first-order chi connectivity index (χ1) is 17.0. The van der Waals surface area contributed by atoms with Crippen molar-refractivity contribution >= 4 is 18.9 Å². The first-order valence-electron chi connectivity index (χ1n) is 12.3. The summed E-state index contributed by atoms with van der Waals surface area (Å²) >= 11 is 0. The van der Waals surface area contributed by atoms with Crippen molar-refractivity contribution in [1.29, 1.82) is 0 Å². The average Bonchev–Trinajstić information content (AvgIpc) is 2.88. The molecular formula is C27H32BN3O4. The van der Waals surface area contributed by atoms with Crippen molar-refractivity contribution in [3.8, 4) is 17.2 Å². The van der Waals surface area contributed by atoms with Gasteiger partial charge in [0, 0.05) is 43.2 Å². The molecule has 0 N–H and O–H groups in total. The van der Waals surface area contributed by atoms with Crippen molar-refractivity contribution < 1.29 is 14.2 Å². The van der Waals surface area contributed by atoms with E-state index in [2.05, 4.69) is 11.0 Å². The zero-order chi connectivity index (χ0) is 24.4. The first-order valence-corrected chi connectivity index (χ1v) is 12.3. The Balaban J connectivity index is 1.18. The van der Waals surface area contributed by atoms with Crippen molar-refractivity contribution in [3.05, 3.63) is 63.9 Å². The molecule has 0 amide bonds. The Bertz CT molecular complexity index is 1250. The van der Waals surface area contributed by atoms with E-state index in [9.17, 15) is 4.79 Å². The smallest absolute Gasteiger partial charge is 0.251 e. The highest BCUT2D eigenvalue weighted by Gasteiger charge is 2.23. The molecule has 35 heavy (non-hydrogen) atoms. The average molecular weight is 473 g/mol. The third-order valence-electron chi connectivity index (χ3n) is 7.16. The predicted molar refractivity (Wildman–Crippen MR) is 138 cm³/mol. The first kappa shape index (κ1) is 23.8. The van der Waals surface area contributed by atoms with E-state index in [0.29, 0.717) is 32.3 Å². The minimum atomic E-state index is 0.0331. The van der Waals surface area contributed by atoms with Crippen LogP contribution in [0.4, 0.5) is 0 Å². The zero-order valence-electron chi connectivity index (χ0n) is 20.5. The molecule has 0 saturated carbocycles. The maximum absolute atomic E-state index is 12.8. The summed E-state index contributed by atoms with van der Waals surface area (Å²) in [5.74, 6) is 2.36. The second kappa shape index (κ2) is 10.3. The van der Waals surface area contributed by atoms with Crippen molar-refractivity contribution in [3.63, 3.8) is 0 Å². The van der Waals surface area contributed by atoms with E-state index in [1.807, 2.05) is 46.6 Å². The fraction of sp³-hybridized carbons (Fsp3) is 0.444. The number of ether oxygens (including phenoxy) is 3. The van der Waals surface area contributed by atoms with Crippen LogP contribution in [0.15, 0.2) is 47.3 Å². The van der Waals surface area contributed by atoms with Crippen LogP contribution in [0.5, 0.6) is 17.2 Å². The Morgan fingerprint density at radius 2 is 1.80 bits per heavy atom. The number of piperidine rings is 1. The lowest BCUT2D eigenvalue weighted by molar-refractivity contribution is 0.153. The van der Waals surface area contributed by atoms with Gasteiger partial charge in [0.1, 0.15) is 19.0 Å². The van der Waals surface area contributed by atoms with Crippen LogP contribution in [0, 0.1) is 6.92 Å². The molecule has 0 atom stereocenters. The molecule has 3 heterocycles. The van der Waals surface area contributed by atoms with Gasteiger partial charge >= 0.3 is 0 Å². The SMILES string of the molecule is [B]N(Cc1ccc2c(c1)OCCO2)C1CCN(CCn2c(=O)cc(C)c3ccc(OC)cc32)CC1. The predicted octanol–water partition coefficient (Wildman–Crippen LogP) is 3.14. The van der Waals surface area contributed by atoms with Gasteiger partial charge in [-0.25, -0.2) is 0 Å². The molecule has 8 heteroatoms. The third-order valence-corrected chi connectivity index (χ3v) is 7.16. The topological polar surface area (TPSA) is 56.2 Å².